The molecule has 2 aromatic heterocycles. The molecule has 0 aliphatic heterocycles. The Labute approximate surface area is 124 Å². The Kier molecular flexibility index (Phi) is 3.63. The van der Waals surface area contributed by atoms with Crippen molar-refractivity contribution in [3.63, 3.8) is 0 Å². The van der Waals surface area contributed by atoms with Crippen LogP contribution in [-0.2, 0) is 19.9 Å². The van der Waals surface area contributed by atoms with Crippen LogP contribution in [-0.4, -0.2) is 19.7 Å². The van der Waals surface area contributed by atoms with Crippen molar-refractivity contribution in [1.82, 2.24) is 19.7 Å². The molecule has 0 aromatic carbocycles. The van der Waals surface area contributed by atoms with Crippen LogP contribution in [0, 0.1) is 13.8 Å². The van der Waals surface area contributed by atoms with Gasteiger partial charge in [-0.3, -0.25) is 4.68 Å². The minimum absolute atomic E-state index is 0.728. The zero-order chi connectivity index (χ0) is 15.0. The lowest BCUT2D eigenvalue weighted by molar-refractivity contribution is 0.709. The van der Waals surface area contributed by atoms with Gasteiger partial charge in [-0.25, -0.2) is 15.8 Å². The van der Waals surface area contributed by atoms with Crippen LogP contribution in [0.4, 0.5) is 5.82 Å². The quantitative estimate of drug-likeness (QED) is 0.501. The Morgan fingerprint density at radius 2 is 1.86 bits per heavy atom. The predicted molar refractivity (Wildman–Crippen MR) is 82.8 cm³/mol. The summed E-state index contributed by atoms with van der Waals surface area (Å²) in [5.41, 5.74) is 8.11. The third-order valence-electron chi connectivity index (χ3n) is 4.30. The highest BCUT2D eigenvalue weighted by Crippen LogP contribution is 2.29. The summed E-state index contributed by atoms with van der Waals surface area (Å²) in [5.74, 6) is 7.18. The normalized spacial score (nSPS) is 14.7. The first-order chi connectivity index (χ1) is 10.1. The van der Waals surface area contributed by atoms with Crippen LogP contribution in [0.3, 0.4) is 0 Å². The summed E-state index contributed by atoms with van der Waals surface area (Å²) >= 11 is 0. The molecule has 0 unspecified atom stereocenters. The Hall–Kier alpha value is -1.95. The molecule has 0 fully saturated rings. The van der Waals surface area contributed by atoms with Gasteiger partial charge in [0, 0.05) is 24.0 Å². The lowest BCUT2D eigenvalue weighted by Gasteiger charge is -2.13. The average Bonchev–Trinajstić information content (AvgIpc) is 2.66. The highest BCUT2D eigenvalue weighted by Gasteiger charge is 2.20. The molecule has 0 saturated heterocycles. The topological polar surface area (TPSA) is 81.7 Å². The number of nitrogens with zero attached hydrogens (tertiary/aromatic N) is 4. The number of aromatic nitrogens is 4. The minimum Gasteiger partial charge on any atom is -0.308 e. The number of rotatable bonds is 2. The predicted octanol–water partition coefficient (Wildman–Crippen LogP) is 2.05. The van der Waals surface area contributed by atoms with Crippen molar-refractivity contribution in [2.24, 2.45) is 12.9 Å². The van der Waals surface area contributed by atoms with Gasteiger partial charge in [-0.15, -0.1) is 0 Å². The van der Waals surface area contributed by atoms with E-state index in [1.54, 1.807) is 0 Å². The summed E-state index contributed by atoms with van der Waals surface area (Å²) < 4.78 is 1.87. The summed E-state index contributed by atoms with van der Waals surface area (Å²) in [6.45, 7) is 4.03. The molecule has 3 N–H and O–H groups in total. The van der Waals surface area contributed by atoms with Crippen molar-refractivity contribution in [2.75, 3.05) is 5.43 Å². The molecule has 6 nitrogen and oxygen atoms in total. The first-order valence-corrected chi connectivity index (χ1v) is 7.48. The highest BCUT2D eigenvalue weighted by molar-refractivity contribution is 5.64. The lowest BCUT2D eigenvalue weighted by atomic mass is 10.1. The molecule has 112 valence electrons. The zero-order valence-corrected chi connectivity index (χ0v) is 12.9. The molecule has 0 atom stereocenters. The molecule has 2 heterocycles. The van der Waals surface area contributed by atoms with Crippen molar-refractivity contribution in [3.8, 4) is 11.4 Å². The maximum Gasteiger partial charge on any atom is 0.165 e. The Bertz CT molecular complexity index is 673. The molecular weight excluding hydrogens is 264 g/mol. The van der Waals surface area contributed by atoms with E-state index in [1.165, 1.54) is 24.8 Å². The van der Waals surface area contributed by atoms with Crippen LogP contribution < -0.4 is 11.3 Å². The summed E-state index contributed by atoms with van der Waals surface area (Å²) in [5, 5.41) is 4.46. The second-order valence-electron chi connectivity index (χ2n) is 5.70. The number of anilines is 1. The van der Waals surface area contributed by atoms with Crippen molar-refractivity contribution in [3.05, 3.63) is 22.6 Å². The minimum atomic E-state index is 0.728. The fraction of sp³-hybridized carbons (Fsp3) is 0.533. The molecule has 2 aromatic rings. The fourth-order valence-corrected chi connectivity index (χ4v) is 3.10. The standard InChI is InChI=1S/C15H22N6/c1-9-13(10(2)21(3)20-9)15-17-12-8-6-4-5-7-11(12)14(18-15)19-16/h4-8,16H2,1-3H3,(H,17,18,19). The van der Waals surface area contributed by atoms with Crippen LogP contribution in [0.25, 0.3) is 11.4 Å². The van der Waals surface area contributed by atoms with E-state index < -0.39 is 0 Å². The number of nitrogen functional groups attached to an aromatic ring is 1. The molecule has 1 aliphatic carbocycles. The number of fused-ring (bicyclic) bond motifs is 1. The van der Waals surface area contributed by atoms with E-state index in [4.69, 9.17) is 10.8 Å². The van der Waals surface area contributed by atoms with E-state index in [1.807, 2.05) is 25.6 Å². The Morgan fingerprint density at radius 3 is 2.52 bits per heavy atom. The molecule has 6 heteroatoms. The van der Waals surface area contributed by atoms with Crippen LogP contribution >= 0.6 is 0 Å². The van der Waals surface area contributed by atoms with Gasteiger partial charge in [0.1, 0.15) is 5.82 Å². The Balaban J connectivity index is 2.18. The van der Waals surface area contributed by atoms with Gasteiger partial charge < -0.3 is 5.43 Å². The van der Waals surface area contributed by atoms with E-state index in [0.717, 1.165) is 47.1 Å². The van der Waals surface area contributed by atoms with E-state index in [0.29, 0.717) is 0 Å². The van der Waals surface area contributed by atoms with Crippen molar-refractivity contribution >= 4 is 5.82 Å². The van der Waals surface area contributed by atoms with Gasteiger partial charge in [-0.2, -0.15) is 5.10 Å². The van der Waals surface area contributed by atoms with Crippen molar-refractivity contribution in [1.29, 1.82) is 0 Å². The number of nitrogens with two attached hydrogens (primary N) is 1. The van der Waals surface area contributed by atoms with E-state index in [9.17, 15) is 0 Å². The first-order valence-electron chi connectivity index (χ1n) is 7.48. The SMILES string of the molecule is Cc1nn(C)c(C)c1-c1nc2c(c(NN)n1)CCCCC2. The molecular formula is C15H22N6. The van der Waals surface area contributed by atoms with Gasteiger partial charge in [0.15, 0.2) is 5.82 Å². The number of hydrazine groups is 1. The number of hydrogen-bond donors (Lipinski definition) is 2. The number of hydrogen-bond acceptors (Lipinski definition) is 5. The summed E-state index contributed by atoms with van der Waals surface area (Å²) in [4.78, 5) is 9.48. The molecule has 0 bridgehead atoms. The third kappa shape index (κ3) is 2.40. The molecule has 0 saturated carbocycles. The molecule has 3 rings (SSSR count). The van der Waals surface area contributed by atoms with Crippen molar-refractivity contribution < 1.29 is 0 Å². The van der Waals surface area contributed by atoms with Crippen LogP contribution in [0.15, 0.2) is 0 Å². The molecule has 0 amide bonds. The summed E-state index contributed by atoms with van der Waals surface area (Å²) in [7, 11) is 1.94. The monoisotopic (exact) mass is 286 g/mol. The van der Waals surface area contributed by atoms with E-state index in [2.05, 4.69) is 15.5 Å². The van der Waals surface area contributed by atoms with Gasteiger partial charge in [0.2, 0.25) is 0 Å². The van der Waals surface area contributed by atoms with Crippen LogP contribution in [0.2, 0.25) is 0 Å². The maximum atomic E-state index is 5.69. The van der Waals surface area contributed by atoms with Gasteiger partial charge >= 0.3 is 0 Å². The third-order valence-corrected chi connectivity index (χ3v) is 4.30. The maximum absolute atomic E-state index is 5.69. The van der Waals surface area contributed by atoms with Gasteiger partial charge in [-0.05, 0) is 39.5 Å². The second-order valence-corrected chi connectivity index (χ2v) is 5.70. The summed E-state index contributed by atoms with van der Waals surface area (Å²) in [6.07, 6.45) is 5.59. The fourth-order valence-electron chi connectivity index (χ4n) is 3.10. The largest absolute Gasteiger partial charge is 0.308 e. The molecule has 0 spiro atoms. The summed E-state index contributed by atoms with van der Waals surface area (Å²) in [6, 6.07) is 0. The number of nitrogens with one attached hydrogen (secondary N) is 1. The van der Waals surface area contributed by atoms with Gasteiger partial charge in [0.05, 0.1) is 11.3 Å². The second kappa shape index (κ2) is 5.44. The number of aryl methyl sites for hydroxylation is 3. The zero-order valence-electron chi connectivity index (χ0n) is 12.9. The van der Waals surface area contributed by atoms with Crippen LogP contribution in [0.5, 0.6) is 0 Å². The highest BCUT2D eigenvalue weighted by atomic mass is 15.3. The molecule has 1 aliphatic rings. The first kappa shape index (κ1) is 14.0. The average molecular weight is 286 g/mol. The Morgan fingerprint density at radius 1 is 1.10 bits per heavy atom. The molecule has 21 heavy (non-hydrogen) atoms. The van der Waals surface area contributed by atoms with E-state index in [-0.39, 0.29) is 0 Å². The van der Waals surface area contributed by atoms with Gasteiger partial charge in [-0.1, -0.05) is 6.42 Å². The van der Waals surface area contributed by atoms with Crippen LogP contribution in [0.1, 0.15) is 41.9 Å². The van der Waals surface area contributed by atoms with E-state index >= 15 is 0 Å². The smallest absolute Gasteiger partial charge is 0.165 e. The lowest BCUT2D eigenvalue weighted by Crippen LogP contribution is -2.14. The van der Waals surface area contributed by atoms with Gasteiger partial charge in [0.25, 0.3) is 0 Å². The molecule has 0 radical (unpaired) electrons. The van der Waals surface area contributed by atoms with Crippen molar-refractivity contribution in [2.45, 2.75) is 46.0 Å².